The Balaban J connectivity index is 2.23. The molecule has 1 heterocycles. The molecule has 0 bridgehead atoms. The molecule has 5 heteroatoms. The Morgan fingerprint density at radius 1 is 1.33 bits per heavy atom. The van der Waals surface area contributed by atoms with Crippen molar-refractivity contribution in [1.82, 2.24) is 0 Å². The second-order valence-corrected chi connectivity index (χ2v) is 7.20. The molecule has 0 fully saturated rings. The minimum atomic E-state index is 0.536. The summed E-state index contributed by atoms with van der Waals surface area (Å²) in [5, 5.41) is 2.17. The van der Waals surface area contributed by atoms with Gasteiger partial charge in [0.15, 0.2) is 0 Å². The third-order valence-corrected chi connectivity index (χ3v) is 5.05. The van der Waals surface area contributed by atoms with Crippen molar-refractivity contribution in [2.75, 3.05) is 11.9 Å². The molecule has 0 aliphatic heterocycles. The predicted molar refractivity (Wildman–Crippen MR) is 86.2 cm³/mol. The van der Waals surface area contributed by atoms with Crippen LogP contribution < -0.4 is 10.6 Å². The first-order valence-electron chi connectivity index (χ1n) is 5.53. The van der Waals surface area contributed by atoms with Gasteiger partial charge in [-0.1, -0.05) is 22.0 Å². The molecular formula is C13H14Br2N2S. The lowest BCUT2D eigenvalue weighted by atomic mass is 10.1. The third-order valence-electron chi connectivity index (χ3n) is 2.75. The van der Waals surface area contributed by atoms with E-state index in [1.54, 1.807) is 11.3 Å². The highest BCUT2D eigenvalue weighted by molar-refractivity contribution is 9.11. The number of benzene rings is 1. The van der Waals surface area contributed by atoms with E-state index in [0.717, 1.165) is 16.6 Å². The van der Waals surface area contributed by atoms with Crippen molar-refractivity contribution >= 4 is 48.9 Å². The van der Waals surface area contributed by atoms with E-state index in [1.807, 2.05) is 12.1 Å². The molecule has 0 amide bonds. The van der Waals surface area contributed by atoms with E-state index in [1.165, 1.54) is 15.0 Å². The normalized spacial score (nSPS) is 10.7. The molecule has 0 atom stereocenters. The zero-order valence-corrected chi connectivity index (χ0v) is 14.0. The van der Waals surface area contributed by atoms with Crippen molar-refractivity contribution < 1.29 is 0 Å². The summed E-state index contributed by atoms with van der Waals surface area (Å²) in [5.74, 6) is 0. The van der Waals surface area contributed by atoms with Crippen LogP contribution in [0.1, 0.15) is 11.1 Å². The van der Waals surface area contributed by atoms with Gasteiger partial charge in [0.1, 0.15) is 0 Å². The molecule has 0 aliphatic carbocycles. The smallest absolute Gasteiger partial charge is 0.0701 e. The highest BCUT2D eigenvalue weighted by Crippen LogP contribution is 2.29. The summed E-state index contributed by atoms with van der Waals surface area (Å²) in [6.07, 6.45) is 0. The maximum Gasteiger partial charge on any atom is 0.0701 e. The van der Waals surface area contributed by atoms with E-state index >= 15 is 0 Å². The number of nitrogens with zero attached hydrogens (tertiary/aromatic N) is 1. The Hall–Kier alpha value is -0.360. The van der Waals surface area contributed by atoms with Gasteiger partial charge in [-0.15, -0.1) is 11.3 Å². The van der Waals surface area contributed by atoms with Crippen LogP contribution in [0.2, 0.25) is 0 Å². The Kier molecular flexibility index (Phi) is 4.84. The molecule has 0 radical (unpaired) electrons. The fraction of sp³-hybridized carbons (Fsp3) is 0.231. The van der Waals surface area contributed by atoms with Gasteiger partial charge < -0.3 is 10.6 Å². The van der Waals surface area contributed by atoms with Crippen LogP contribution in [0.4, 0.5) is 5.69 Å². The predicted octanol–water partition coefficient (Wildman–Crippen LogP) is 4.37. The summed E-state index contributed by atoms with van der Waals surface area (Å²) in [7, 11) is 2.09. The van der Waals surface area contributed by atoms with Gasteiger partial charge >= 0.3 is 0 Å². The lowest BCUT2D eigenvalue weighted by Gasteiger charge is -2.22. The van der Waals surface area contributed by atoms with Crippen molar-refractivity contribution in [3.05, 3.63) is 49.0 Å². The first-order chi connectivity index (χ1) is 8.61. The number of rotatable bonds is 4. The number of hydrogen-bond donors (Lipinski definition) is 1. The van der Waals surface area contributed by atoms with Crippen LogP contribution in [0.15, 0.2) is 37.9 Å². The quantitative estimate of drug-likeness (QED) is 0.841. The Morgan fingerprint density at radius 3 is 2.72 bits per heavy atom. The molecule has 2 N–H and O–H groups in total. The monoisotopic (exact) mass is 388 g/mol. The van der Waals surface area contributed by atoms with Gasteiger partial charge in [-0.2, -0.15) is 0 Å². The standard InChI is InChI=1S/C13H14Br2N2S/c1-17(7-9-5-13(15)18-8-9)12-4-2-3-11(14)10(12)6-16/h2-5,8H,6-7,16H2,1H3. The van der Waals surface area contributed by atoms with Crippen LogP contribution in [0.3, 0.4) is 0 Å². The third kappa shape index (κ3) is 3.15. The molecule has 1 aromatic carbocycles. The van der Waals surface area contributed by atoms with Gasteiger partial charge in [-0.05, 0) is 45.1 Å². The van der Waals surface area contributed by atoms with Gasteiger partial charge in [-0.25, -0.2) is 0 Å². The molecule has 18 heavy (non-hydrogen) atoms. The van der Waals surface area contributed by atoms with Crippen molar-refractivity contribution in [3.63, 3.8) is 0 Å². The van der Waals surface area contributed by atoms with Gasteiger partial charge in [0.2, 0.25) is 0 Å². The summed E-state index contributed by atoms with van der Waals surface area (Å²) < 4.78 is 2.24. The Morgan fingerprint density at radius 2 is 2.11 bits per heavy atom. The number of halogens is 2. The second-order valence-electron chi connectivity index (χ2n) is 4.06. The molecule has 0 spiro atoms. The number of nitrogens with two attached hydrogens (primary N) is 1. The van der Waals surface area contributed by atoms with E-state index in [0.29, 0.717) is 6.54 Å². The van der Waals surface area contributed by atoms with E-state index in [4.69, 9.17) is 5.73 Å². The van der Waals surface area contributed by atoms with E-state index in [9.17, 15) is 0 Å². The van der Waals surface area contributed by atoms with Crippen LogP contribution in [-0.4, -0.2) is 7.05 Å². The van der Waals surface area contributed by atoms with Crippen molar-refractivity contribution in [3.8, 4) is 0 Å². The highest BCUT2D eigenvalue weighted by atomic mass is 79.9. The van der Waals surface area contributed by atoms with E-state index < -0.39 is 0 Å². The second kappa shape index (κ2) is 6.19. The van der Waals surface area contributed by atoms with Crippen molar-refractivity contribution in [1.29, 1.82) is 0 Å². The van der Waals surface area contributed by atoms with Gasteiger partial charge in [0.05, 0.1) is 3.79 Å². The zero-order valence-electron chi connectivity index (χ0n) is 9.99. The van der Waals surface area contributed by atoms with Crippen LogP contribution >= 0.6 is 43.2 Å². The first kappa shape index (κ1) is 14.1. The number of anilines is 1. The van der Waals surface area contributed by atoms with Crippen LogP contribution in [0.25, 0.3) is 0 Å². The van der Waals surface area contributed by atoms with Crippen LogP contribution in [0.5, 0.6) is 0 Å². The van der Waals surface area contributed by atoms with Crippen molar-refractivity contribution in [2.45, 2.75) is 13.1 Å². The lowest BCUT2D eigenvalue weighted by Crippen LogP contribution is -2.18. The molecular weight excluding hydrogens is 376 g/mol. The molecule has 0 saturated carbocycles. The summed E-state index contributed by atoms with van der Waals surface area (Å²) in [6.45, 7) is 1.42. The Labute approximate surface area is 128 Å². The lowest BCUT2D eigenvalue weighted by molar-refractivity contribution is 0.905. The minimum absolute atomic E-state index is 0.536. The highest BCUT2D eigenvalue weighted by Gasteiger charge is 2.10. The molecule has 96 valence electrons. The van der Waals surface area contributed by atoms with Crippen molar-refractivity contribution in [2.24, 2.45) is 5.73 Å². The average Bonchev–Trinajstić information content (AvgIpc) is 2.74. The summed E-state index contributed by atoms with van der Waals surface area (Å²) >= 11 is 8.75. The van der Waals surface area contributed by atoms with Gasteiger partial charge in [0, 0.05) is 35.9 Å². The SMILES string of the molecule is CN(Cc1csc(Br)c1)c1cccc(Br)c1CN. The van der Waals surface area contributed by atoms with Gasteiger partial charge in [0.25, 0.3) is 0 Å². The topological polar surface area (TPSA) is 29.3 Å². The minimum Gasteiger partial charge on any atom is -0.370 e. The zero-order chi connectivity index (χ0) is 13.1. The van der Waals surface area contributed by atoms with Crippen LogP contribution in [0, 0.1) is 0 Å². The molecule has 2 aromatic rings. The molecule has 2 rings (SSSR count). The van der Waals surface area contributed by atoms with Gasteiger partial charge in [-0.3, -0.25) is 0 Å². The fourth-order valence-electron chi connectivity index (χ4n) is 1.89. The molecule has 0 unspecified atom stereocenters. The molecule has 0 aliphatic rings. The summed E-state index contributed by atoms with van der Waals surface area (Å²) in [4.78, 5) is 2.22. The first-order valence-corrected chi connectivity index (χ1v) is 8.00. The average molecular weight is 390 g/mol. The maximum absolute atomic E-state index is 5.82. The van der Waals surface area contributed by atoms with Crippen LogP contribution in [-0.2, 0) is 13.1 Å². The number of thiophene rings is 1. The van der Waals surface area contributed by atoms with E-state index in [-0.39, 0.29) is 0 Å². The Bertz CT molecular complexity index is 540. The molecule has 0 saturated heterocycles. The summed E-state index contributed by atoms with van der Waals surface area (Å²) in [6, 6.07) is 8.33. The number of hydrogen-bond acceptors (Lipinski definition) is 3. The largest absolute Gasteiger partial charge is 0.370 e. The fourth-order valence-corrected chi connectivity index (χ4v) is 3.61. The maximum atomic E-state index is 5.82. The summed E-state index contributed by atoms with van der Waals surface area (Å²) in [5.41, 5.74) is 9.45. The van der Waals surface area contributed by atoms with E-state index in [2.05, 4.69) is 61.3 Å². The molecule has 1 aromatic heterocycles. The molecule has 2 nitrogen and oxygen atoms in total.